The minimum absolute atomic E-state index is 0.486. The number of benzene rings is 1. The Labute approximate surface area is 123 Å². The van der Waals surface area contributed by atoms with Crippen molar-refractivity contribution in [3.8, 4) is 11.3 Å². The molecule has 0 bridgehead atoms. The zero-order valence-corrected chi connectivity index (χ0v) is 11.9. The second kappa shape index (κ2) is 4.52. The second-order valence-electron chi connectivity index (χ2n) is 5.59. The van der Waals surface area contributed by atoms with Gasteiger partial charge in [-0.25, -0.2) is 9.97 Å². The van der Waals surface area contributed by atoms with Crippen molar-refractivity contribution in [2.75, 3.05) is 5.73 Å². The van der Waals surface area contributed by atoms with E-state index in [1.54, 1.807) is 0 Å². The first-order valence-electron chi connectivity index (χ1n) is 7.22. The largest absolute Gasteiger partial charge is 0.383 e. The van der Waals surface area contributed by atoms with Gasteiger partial charge in [0.2, 0.25) is 0 Å². The van der Waals surface area contributed by atoms with Crippen LogP contribution in [0.1, 0.15) is 30.1 Å². The first-order valence-corrected chi connectivity index (χ1v) is 7.22. The number of anilines is 1. The Kier molecular flexibility index (Phi) is 2.64. The summed E-state index contributed by atoms with van der Waals surface area (Å²) in [7, 11) is 0. The lowest BCUT2D eigenvalue weighted by Crippen LogP contribution is -2.04. The number of nitrogen functional groups attached to an aromatic ring is 1. The molecule has 0 radical (unpaired) electrons. The van der Waals surface area contributed by atoms with E-state index in [0.717, 1.165) is 33.5 Å². The molecule has 1 aromatic carbocycles. The van der Waals surface area contributed by atoms with Gasteiger partial charge in [-0.15, -0.1) is 0 Å². The molecule has 0 amide bonds. The summed E-state index contributed by atoms with van der Waals surface area (Å²) >= 11 is 0. The van der Waals surface area contributed by atoms with Crippen LogP contribution in [0.15, 0.2) is 36.5 Å². The molecule has 21 heavy (non-hydrogen) atoms. The summed E-state index contributed by atoms with van der Waals surface area (Å²) in [5.41, 5.74) is 10.0. The van der Waals surface area contributed by atoms with Crippen LogP contribution in [-0.2, 0) is 0 Å². The summed E-state index contributed by atoms with van der Waals surface area (Å²) in [5, 5.41) is 1.10. The minimum atomic E-state index is 0.486. The van der Waals surface area contributed by atoms with Crippen molar-refractivity contribution in [3.05, 3.63) is 47.9 Å². The maximum absolute atomic E-state index is 6.10. The number of rotatable bonds is 2. The second-order valence-corrected chi connectivity index (χ2v) is 5.59. The van der Waals surface area contributed by atoms with Gasteiger partial charge >= 0.3 is 0 Å². The fourth-order valence-electron chi connectivity index (χ4n) is 2.65. The van der Waals surface area contributed by atoms with Gasteiger partial charge in [0.15, 0.2) is 0 Å². The molecule has 2 aromatic heterocycles. The number of hydrogen-bond acceptors (Lipinski definition) is 4. The van der Waals surface area contributed by atoms with Crippen LogP contribution in [0.3, 0.4) is 0 Å². The van der Waals surface area contributed by atoms with Crippen LogP contribution in [0, 0.1) is 6.92 Å². The van der Waals surface area contributed by atoms with Crippen molar-refractivity contribution >= 4 is 16.7 Å². The molecule has 0 atom stereocenters. The van der Waals surface area contributed by atoms with Crippen molar-refractivity contribution < 1.29 is 0 Å². The van der Waals surface area contributed by atoms with E-state index in [2.05, 4.69) is 22.1 Å². The molecule has 4 heteroatoms. The first kappa shape index (κ1) is 12.3. The van der Waals surface area contributed by atoms with E-state index < -0.39 is 0 Å². The molecule has 2 heterocycles. The predicted octanol–water partition coefficient (Wildman–Crippen LogP) is 3.46. The lowest BCUT2D eigenvalue weighted by molar-refractivity contribution is 0.928. The van der Waals surface area contributed by atoms with Crippen LogP contribution in [0.2, 0.25) is 0 Å². The maximum atomic E-state index is 6.10. The topological polar surface area (TPSA) is 64.7 Å². The third-order valence-electron chi connectivity index (χ3n) is 4.04. The third-order valence-corrected chi connectivity index (χ3v) is 4.04. The van der Waals surface area contributed by atoms with Crippen LogP contribution in [0.25, 0.3) is 22.2 Å². The highest BCUT2D eigenvalue weighted by Gasteiger charge is 2.28. The number of nitrogens with zero attached hydrogens (tertiary/aromatic N) is 3. The van der Waals surface area contributed by atoms with E-state index in [0.29, 0.717) is 11.7 Å². The molecule has 1 saturated carbocycles. The van der Waals surface area contributed by atoms with E-state index in [-0.39, 0.29) is 0 Å². The van der Waals surface area contributed by atoms with Gasteiger partial charge in [0.05, 0.1) is 11.2 Å². The molecule has 4 nitrogen and oxygen atoms in total. The van der Waals surface area contributed by atoms with Crippen LogP contribution >= 0.6 is 0 Å². The molecule has 0 spiro atoms. The molecule has 1 aliphatic carbocycles. The number of aromatic nitrogens is 3. The Balaban J connectivity index is 2.00. The molecule has 104 valence electrons. The van der Waals surface area contributed by atoms with Gasteiger partial charge in [-0.1, -0.05) is 18.2 Å². The molecule has 0 unspecified atom stereocenters. The monoisotopic (exact) mass is 276 g/mol. The van der Waals surface area contributed by atoms with Gasteiger partial charge < -0.3 is 5.73 Å². The summed E-state index contributed by atoms with van der Waals surface area (Å²) < 4.78 is 0. The Hall–Kier alpha value is -2.49. The normalized spacial score (nSPS) is 14.5. The zero-order valence-electron chi connectivity index (χ0n) is 11.9. The average Bonchev–Trinajstić information content (AvgIpc) is 3.34. The lowest BCUT2D eigenvalue weighted by atomic mass is 10.0. The summed E-state index contributed by atoms with van der Waals surface area (Å²) in [4.78, 5) is 13.7. The van der Waals surface area contributed by atoms with Crippen LogP contribution in [-0.4, -0.2) is 15.0 Å². The smallest absolute Gasteiger partial charge is 0.134 e. The summed E-state index contributed by atoms with van der Waals surface area (Å²) in [5.74, 6) is 1.96. The van der Waals surface area contributed by atoms with Gasteiger partial charge in [-0.05, 0) is 31.9 Å². The average molecular weight is 276 g/mol. The van der Waals surface area contributed by atoms with Crippen molar-refractivity contribution in [2.45, 2.75) is 25.7 Å². The van der Waals surface area contributed by atoms with Crippen LogP contribution in [0.5, 0.6) is 0 Å². The van der Waals surface area contributed by atoms with E-state index >= 15 is 0 Å². The highest BCUT2D eigenvalue weighted by Crippen LogP contribution is 2.40. The van der Waals surface area contributed by atoms with Crippen molar-refractivity contribution in [3.63, 3.8) is 0 Å². The maximum Gasteiger partial charge on any atom is 0.134 e. The van der Waals surface area contributed by atoms with E-state index in [1.807, 2.05) is 31.3 Å². The highest BCUT2D eigenvalue weighted by atomic mass is 15.0. The Morgan fingerprint density at radius 1 is 1.10 bits per heavy atom. The number of nitrogens with two attached hydrogens (primary N) is 1. The fraction of sp³-hybridized carbons (Fsp3) is 0.235. The lowest BCUT2D eigenvalue weighted by Gasteiger charge is -2.11. The highest BCUT2D eigenvalue weighted by molar-refractivity contribution is 5.94. The number of pyridine rings is 1. The molecule has 3 aromatic rings. The first-order chi connectivity index (χ1) is 10.2. The number of fused-ring (bicyclic) bond motifs is 1. The minimum Gasteiger partial charge on any atom is -0.383 e. The van der Waals surface area contributed by atoms with Gasteiger partial charge in [-0.2, -0.15) is 0 Å². The fourth-order valence-corrected chi connectivity index (χ4v) is 2.65. The molecule has 2 N–H and O–H groups in total. The molecular formula is C17H16N4. The summed E-state index contributed by atoms with van der Waals surface area (Å²) in [6, 6.07) is 10.1. The quantitative estimate of drug-likeness (QED) is 0.778. The molecule has 1 aliphatic rings. The predicted molar refractivity (Wildman–Crippen MR) is 83.9 cm³/mol. The number of hydrogen-bond donors (Lipinski definition) is 1. The molecule has 0 saturated heterocycles. The van der Waals surface area contributed by atoms with Crippen molar-refractivity contribution in [1.29, 1.82) is 0 Å². The van der Waals surface area contributed by atoms with Gasteiger partial charge in [-0.3, -0.25) is 4.98 Å². The molecule has 1 fully saturated rings. The van der Waals surface area contributed by atoms with Gasteiger partial charge in [0.25, 0.3) is 0 Å². The van der Waals surface area contributed by atoms with Gasteiger partial charge in [0, 0.05) is 28.6 Å². The van der Waals surface area contributed by atoms with E-state index in [9.17, 15) is 0 Å². The summed E-state index contributed by atoms with van der Waals surface area (Å²) in [6.45, 7) is 1.98. The standard InChI is InChI=1S/C17H16N4/c1-10-15(20-17(11-7-8-11)21-16(10)18)13-4-2-6-14-12(13)5-3-9-19-14/h2-6,9,11H,7-8H2,1H3,(H2,18,20,21). The SMILES string of the molecule is Cc1c(N)nc(C2CC2)nc1-c1cccc2ncccc12. The molecular weight excluding hydrogens is 260 g/mol. The van der Waals surface area contributed by atoms with Crippen molar-refractivity contribution in [1.82, 2.24) is 15.0 Å². The van der Waals surface area contributed by atoms with Crippen molar-refractivity contribution in [2.24, 2.45) is 0 Å². The summed E-state index contributed by atoms with van der Waals surface area (Å²) in [6.07, 6.45) is 4.14. The van der Waals surface area contributed by atoms with Gasteiger partial charge in [0.1, 0.15) is 11.6 Å². The molecule has 4 rings (SSSR count). The van der Waals surface area contributed by atoms with E-state index in [4.69, 9.17) is 10.7 Å². The third kappa shape index (κ3) is 2.03. The van der Waals surface area contributed by atoms with E-state index in [1.165, 1.54) is 12.8 Å². The zero-order chi connectivity index (χ0) is 14.4. The van der Waals surface area contributed by atoms with Crippen LogP contribution in [0.4, 0.5) is 5.82 Å². The Morgan fingerprint density at radius 2 is 1.95 bits per heavy atom. The Morgan fingerprint density at radius 3 is 2.76 bits per heavy atom. The van der Waals surface area contributed by atoms with Crippen LogP contribution < -0.4 is 5.73 Å². The molecule has 0 aliphatic heterocycles. The Bertz CT molecular complexity index is 832.